The van der Waals surface area contributed by atoms with E-state index in [0.29, 0.717) is 6.61 Å². The van der Waals surface area contributed by atoms with Crippen LogP contribution in [0.25, 0.3) is 0 Å². The summed E-state index contributed by atoms with van der Waals surface area (Å²) in [7, 11) is 0. The van der Waals surface area contributed by atoms with E-state index in [1.807, 2.05) is 0 Å². The van der Waals surface area contributed by atoms with Crippen molar-refractivity contribution >= 4 is 11.9 Å². The van der Waals surface area contributed by atoms with Crippen LogP contribution in [-0.2, 0) is 28.5 Å². The maximum Gasteiger partial charge on any atom is 0.314 e. The third kappa shape index (κ3) is 1.44. The standard InChI is InChI=1S/C17H20O6/c18-15-12-10-2-1-9(22-10)11(12)13(23-15)8-5-7-6-17(14(8)21-7)3-4-20-16(17)19/h7-14H,1-6H2/t7?,8?,9?,10?,11?,12?,13?,14-,17?/m0/s1. The van der Waals surface area contributed by atoms with E-state index in [9.17, 15) is 9.59 Å². The van der Waals surface area contributed by atoms with Gasteiger partial charge in [0.2, 0.25) is 0 Å². The van der Waals surface area contributed by atoms with E-state index in [1.165, 1.54) is 0 Å². The predicted octanol–water partition coefficient (Wildman–Crippen LogP) is 0.816. The van der Waals surface area contributed by atoms with Gasteiger partial charge in [-0.2, -0.15) is 0 Å². The molecule has 0 aliphatic carbocycles. The van der Waals surface area contributed by atoms with Crippen molar-refractivity contribution in [3.8, 4) is 0 Å². The van der Waals surface area contributed by atoms with Crippen molar-refractivity contribution in [3.05, 3.63) is 0 Å². The van der Waals surface area contributed by atoms with Gasteiger partial charge in [-0.3, -0.25) is 9.59 Å². The molecular weight excluding hydrogens is 300 g/mol. The highest BCUT2D eigenvalue weighted by Gasteiger charge is 2.69. The Morgan fingerprint density at radius 2 is 1.96 bits per heavy atom. The summed E-state index contributed by atoms with van der Waals surface area (Å²) < 4.78 is 23.2. The van der Waals surface area contributed by atoms with Crippen LogP contribution in [0, 0.1) is 23.2 Å². The van der Waals surface area contributed by atoms with Crippen LogP contribution in [0.5, 0.6) is 0 Å². The molecule has 4 bridgehead atoms. The number of hydrogen-bond donors (Lipinski definition) is 0. The van der Waals surface area contributed by atoms with Crippen LogP contribution in [0.15, 0.2) is 0 Å². The van der Waals surface area contributed by atoms with Gasteiger partial charge < -0.3 is 18.9 Å². The number of esters is 2. The molecule has 0 radical (unpaired) electrons. The summed E-state index contributed by atoms with van der Waals surface area (Å²) in [5.41, 5.74) is -0.490. The Kier molecular flexibility index (Phi) is 2.34. The lowest BCUT2D eigenvalue weighted by Gasteiger charge is -2.37. The molecule has 6 heterocycles. The third-order valence-corrected chi connectivity index (χ3v) is 7.24. The smallest absolute Gasteiger partial charge is 0.314 e. The van der Waals surface area contributed by atoms with Gasteiger partial charge in [0, 0.05) is 18.3 Å². The van der Waals surface area contributed by atoms with E-state index < -0.39 is 5.41 Å². The van der Waals surface area contributed by atoms with E-state index in [2.05, 4.69) is 0 Å². The van der Waals surface area contributed by atoms with Crippen molar-refractivity contribution in [1.29, 1.82) is 0 Å². The normalized spacial score (nSPS) is 59.0. The van der Waals surface area contributed by atoms with Crippen molar-refractivity contribution < 1.29 is 28.5 Å². The molecule has 6 rings (SSSR count). The van der Waals surface area contributed by atoms with Crippen LogP contribution < -0.4 is 0 Å². The van der Waals surface area contributed by atoms with Crippen LogP contribution in [0.2, 0.25) is 0 Å². The lowest BCUT2D eigenvalue weighted by molar-refractivity contribution is -0.155. The Morgan fingerprint density at radius 1 is 1.09 bits per heavy atom. The molecule has 1 spiro atoms. The Hall–Kier alpha value is -1.14. The van der Waals surface area contributed by atoms with E-state index in [0.717, 1.165) is 32.1 Å². The van der Waals surface area contributed by atoms with Crippen molar-refractivity contribution in [2.24, 2.45) is 23.2 Å². The van der Waals surface area contributed by atoms with Gasteiger partial charge in [-0.25, -0.2) is 0 Å². The molecule has 6 fully saturated rings. The lowest BCUT2D eigenvalue weighted by atomic mass is 9.64. The second-order valence-electron chi connectivity index (χ2n) is 8.12. The zero-order valence-corrected chi connectivity index (χ0v) is 12.8. The number of rotatable bonds is 1. The summed E-state index contributed by atoms with van der Waals surface area (Å²) >= 11 is 0. The number of carbonyl (C=O) groups is 2. The summed E-state index contributed by atoms with van der Waals surface area (Å²) in [6.07, 6.45) is 4.38. The Labute approximate surface area is 133 Å². The number of cyclic esters (lactones) is 2. The van der Waals surface area contributed by atoms with Crippen molar-refractivity contribution in [3.63, 3.8) is 0 Å². The Bertz CT molecular complexity index is 604. The number of hydrogen-bond acceptors (Lipinski definition) is 6. The van der Waals surface area contributed by atoms with Gasteiger partial charge in [0.15, 0.2) is 0 Å². The van der Waals surface area contributed by atoms with Crippen LogP contribution in [0.3, 0.4) is 0 Å². The largest absolute Gasteiger partial charge is 0.465 e. The molecule has 9 atom stereocenters. The van der Waals surface area contributed by atoms with E-state index in [4.69, 9.17) is 18.9 Å². The molecule has 0 aromatic carbocycles. The summed E-state index contributed by atoms with van der Waals surface area (Å²) in [6, 6.07) is 0. The summed E-state index contributed by atoms with van der Waals surface area (Å²) in [5, 5.41) is 0. The summed E-state index contributed by atoms with van der Waals surface area (Å²) in [5.74, 6) is -0.0351. The fourth-order valence-electron chi connectivity index (χ4n) is 6.41. The molecule has 6 aliphatic rings. The molecule has 0 amide bonds. The SMILES string of the molecule is O=C1OC(C2CC3CC4(CCOC4=O)[C@H]2O3)C2C3CCC(O3)C12. The average Bonchev–Trinajstić information content (AvgIpc) is 3.32. The fourth-order valence-corrected chi connectivity index (χ4v) is 6.41. The topological polar surface area (TPSA) is 71.1 Å². The molecule has 6 saturated heterocycles. The highest BCUT2D eigenvalue weighted by Crippen LogP contribution is 2.60. The Balaban J connectivity index is 1.34. The Morgan fingerprint density at radius 3 is 2.74 bits per heavy atom. The first-order valence-corrected chi connectivity index (χ1v) is 8.86. The first-order chi connectivity index (χ1) is 11.2. The van der Waals surface area contributed by atoms with Gasteiger partial charge in [-0.15, -0.1) is 0 Å². The average molecular weight is 320 g/mol. The minimum atomic E-state index is -0.490. The fraction of sp³-hybridized carbons (Fsp3) is 0.882. The number of ether oxygens (including phenoxy) is 4. The van der Waals surface area contributed by atoms with E-state index in [-0.39, 0.29) is 60.2 Å². The third-order valence-electron chi connectivity index (χ3n) is 7.24. The number of carbonyl (C=O) groups excluding carboxylic acids is 2. The molecule has 0 saturated carbocycles. The van der Waals surface area contributed by atoms with Gasteiger partial charge in [-0.05, 0) is 25.7 Å². The van der Waals surface area contributed by atoms with Crippen LogP contribution in [-0.4, -0.2) is 49.1 Å². The molecule has 6 aliphatic heterocycles. The molecule has 0 aromatic rings. The molecule has 0 aromatic heterocycles. The second kappa shape index (κ2) is 4.09. The highest BCUT2D eigenvalue weighted by molar-refractivity contribution is 5.80. The quantitative estimate of drug-likeness (QED) is 0.666. The summed E-state index contributed by atoms with van der Waals surface area (Å²) in [6.45, 7) is 0.489. The molecule has 0 N–H and O–H groups in total. The maximum absolute atomic E-state index is 12.4. The summed E-state index contributed by atoms with van der Waals surface area (Å²) in [4.78, 5) is 24.7. The highest BCUT2D eigenvalue weighted by atomic mass is 16.6. The van der Waals surface area contributed by atoms with Crippen molar-refractivity contribution in [1.82, 2.24) is 0 Å². The molecule has 23 heavy (non-hydrogen) atoms. The molecule has 124 valence electrons. The minimum Gasteiger partial charge on any atom is -0.465 e. The van der Waals surface area contributed by atoms with Gasteiger partial charge >= 0.3 is 11.9 Å². The van der Waals surface area contributed by atoms with Gasteiger partial charge in [-0.1, -0.05) is 0 Å². The molecule has 8 unspecified atom stereocenters. The minimum absolute atomic E-state index is 0.0485. The zero-order chi connectivity index (χ0) is 15.3. The van der Waals surface area contributed by atoms with E-state index >= 15 is 0 Å². The lowest BCUT2D eigenvalue weighted by Crippen LogP contribution is -2.48. The predicted molar refractivity (Wildman–Crippen MR) is 74.1 cm³/mol. The molecule has 6 nitrogen and oxygen atoms in total. The van der Waals surface area contributed by atoms with Crippen molar-refractivity contribution in [2.75, 3.05) is 6.61 Å². The van der Waals surface area contributed by atoms with Crippen molar-refractivity contribution in [2.45, 2.75) is 62.6 Å². The van der Waals surface area contributed by atoms with Gasteiger partial charge in [0.05, 0.1) is 36.9 Å². The second-order valence-corrected chi connectivity index (χ2v) is 8.12. The maximum atomic E-state index is 12.4. The monoisotopic (exact) mass is 320 g/mol. The van der Waals surface area contributed by atoms with Crippen LogP contribution in [0.4, 0.5) is 0 Å². The van der Waals surface area contributed by atoms with E-state index in [1.54, 1.807) is 0 Å². The van der Waals surface area contributed by atoms with Gasteiger partial charge in [0.1, 0.15) is 11.5 Å². The van der Waals surface area contributed by atoms with Gasteiger partial charge in [0.25, 0.3) is 0 Å². The number of fused-ring (bicyclic) bond motifs is 8. The molecule has 6 heteroatoms. The first kappa shape index (κ1) is 13.2. The zero-order valence-electron chi connectivity index (χ0n) is 12.8. The first-order valence-electron chi connectivity index (χ1n) is 8.86. The van der Waals surface area contributed by atoms with Crippen LogP contribution >= 0.6 is 0 Å². The van der Waals surface area contributed by atoms with Crippen LogP contribution in [0.1, 0.15) is 32.1 Å². The molecular formula is C17H20O6.